The lowest BCUT2D eigenvalue weighted by Crippen LogP contribution is -3.01. The predicted molar refractivity (Wildman–Crippen MR) is 249 cm³/mol. The van der Waals surface area contributed by atoms with Gasteiger partial charge < -0.3 is 5.32 Å². The van der Waals surface area contributed by atoms with Crippen LogP contribution in [0.1, 0.15) is 117 Å². The summed E-state index contributed by atoms with van der Waals surface area (Å²) in [5.41, 5.74) is 11.7. The summed E-state index contributed by atoms with van der Waals surface area (Å²) in [5.74, 6) is 3.07. The normalized spacial score (nSPS) is 28.3. The third-order valence-electron chi connectivity index (χ3n) is 15.8. The van der Waals surface area contributed by atoms with Gasteiger partial charge in [0.1, 0.15) is 0 Å². The van der Waals surface area contributed by atoms with Crippen LogP contribution in [0.2, 0.25) is 0 Å². The number of thiophene rings is 1. The van der Waals surface area contributed by atoms with Gasteiger partial charge in [0.25, 0.3) is 0 Å². The zero-order chi connectivity index (χ0) is 38.9. The van der Waals surface area contributed by atoms with Gasteiger partial charge in [-0.1, -0.05) is 98.2 Å². The topological polar surface area (TPSA) is 40.7 Å². The van der Waals surface area contributed by atoms with Gasteiger partial charge in [0, 0.05) is 15.1 Å². The highest BCUT2D eigenvalue weighted by Crippen LogP contribution is 2.47. The van der Waals surface area contributed by atoms with Gasteiger partial charge in [0.15, 0.2) is 12.3 Å². The summed E-state index contributed by atoms with van der Waals surface area (Å²) < 4.78 is 1.47. The van der Waals surface area contributed by atoms with Crippen LogP contribution >= 0.6 is 11.3 Å². The summed E-state index contributed by atoms with van der Waals surface area (Å²) in [6, 6.07) is 22.0. The fraction of sp³-hybridized carbons (Fsp3) is 0.418. The van der Waals surface area contributed by atoms with Gasteiger partial charge in [0.2, 0.25) is 0 Å². The number of nitrogens with one attached hydrogen (secondary N) is 2. The molecule has 0 radical (unpaired) electrons. The number of quaternary nitrogens is 1. The number of hydrogen-bond acceptors (Lipinski definition) is 3. The van der Waals surface area contributed by atoms with Gasteiger partial charge in [-0.25, -0.2) is 10.6 Å². The van der Waals surface area contributed by atoms with E-state index in [1.807, 2.05) is 0 Å². The average molecular weight is 795 g/mol. The van der Waals surface area contributed by atoms with Crippen molar-refractivity contribution in [2.24, 2.45) is 23.7 Å². The van der Waals surface area contributed by atoms with Crippen molar-refractivity contribution in [2.45, 2.75) is 121 Å². The molecule has 7 aliphatic rings. The molecule has 1 saturated carbocycles. The SMILES string of the molecule is C1=Cc2c(c3ccccc3c3cc(C4NC(C5=CCC(C6CCCCC6)C=C5)NC(C5=CCCCC5)[NH2+]4)cc(-c4ccc5sc6c(c5c4)CC4C=CCCC4C6)c23)CC1. The molecule has 2 heterocycles. The van der Waals surface area contributed by atoms with Gasteiger partial charge in [-0.05, 0) is 197 Å². The number of fused-ring (bicyclic) bond motifs is 10. The summed E-state index contributed by atoms with van der Waals surface area (Å²) >= 11 is 2.08. The van der Waals surface area contributed by atoms with Gasteiger partial charge in [-0.3, -0.25) is 0 Å². The molecular formula is C55H60N3S+. The maximum absolute atomic E-state index is 4.22. The molecule has 1 saturated heterocycles. The number of allylic oxidation sites excluding steroid dienone is 6. The van der Waals surface area contributed by atoms with Crippen molar-refractivity contribution in [1.29, 1.82) is 0 Å². The lowest BCUT2D eigenvalue weighted by Gasteiger charge is -2.39. The molecule has 2 fully saturated rings. The van der Waals surface area contributed by atoms with Crippen molar-refractivity contribution in [3.8, 4) is 11.1 Å². The Morgan fingerprint density at radius 1 is 0.644 bits per heavy atom. The van der Waals surface area contributed by atoms with E-state index >= 15 is 0 Å². The van der Waals surface area contributed by atoms with Gasteiger partial charge in [0.05, 0.1) is 6.17 Å². The summed E-state index contributed by atoms with van der Waals surface area (Å²) in [7, 11) is 0. The fourth-order valence-corrected chi connectivity index (χ4v) is 14.0. The number of benzene rings is 4. The highest BCUT2D eigenvalue weighted by atomic mass is 32.1. The van der Waals surface area contributed by atoms with Crippen LogP contribution in [0.4, 0.5) is 0 Å². The van der Waals surface area contributed by atoms with Crippen LogP contribution in [0, 0.1) is 23.7 Å². The summed E-state index contributed by atoms with van der Waals surface area (Å²) in [6.07, 6.45) is 41.1. The van der Waals surface area contributed by atoms with Crippen LogP contribution < -0.4 is 16.0 Å². The second kappa shape index (κ2) is 15.4. The van der Waals surface area contributed by atoms with Crippen LogP contribution in [0.5, 0.6) is 0 Å². The monoisotopic (exact) mass is 794 g/mol. The number of rotatable bonds is 5. The van der Waals surface area contributed by atoms with Crippen LogP contribution in [0.3, 0.4) is 0 Å². The molecule has 300 valence electrons. The Balaban J connectivity index is 0.998. The van der Waals surface area contributed by atoms with Crippen molar-refractivity contribution in [2.75, 3.05) is 0 Å². The molecule has 0 spiro atoms. The lowest BCUT2D eigenvalue weighted by molar-refractivity contribution is -0.740. The van der Waals surface area contributed by atoms with Crippen molar-refractivity contribution in [1.82, 2.24) is 10.6 Å². The molecule has 1 aliphatic heterocycles. The first-order valence-corrected chi connectivity index (χ1v) is 24.4. The molecule has 4 aromatic carbocycles. The molecule has 6 atom stereocenters. The Morgan fingerprint density at radius 3 is 2.44 bits per heavy atom. The minimum Gasteiger partial charge on any atom is -0.309 e. The fourth-order valence-electron chi connectivity index (χ4n) is 12.7. The Kier molecular flexibility index (Phi) is 9.62. The van der Waals surface area contributed by atoms with Crippen LogP contribution in [-0.4, -0.2) is 12.3 Å². The van der Waals surface area contributed by atoms with E-state index in [4.69, 9.17) is 0 Å². The third kappa shape index (κ3) is 6.65. The van der Waals surface area contributed by atoms with Gasteiger partial charge >= 0.3 is 0 Å². The summed E-state index contributed by atoms with van der Waals surface area (Å²) in [6.45, 7) is 0. The minimum absolute atomic E-state index is 0.107. The number of aryl methyl sites for hydroxylation is 1. The van der Waals surface area contributed by atoms with E-state index in [0.29, 0.717) is 11.8 Å². The molecule has 6 unspecified atom stereocenters. The Hall–Kier alpha value is -4.06. The van der Waals surface area contributed by atoms with Crippen LogP contribution in [0.15, 0.2) is 108 Å². The summed E-state index contributed by atoms with van der Waals surface area (Å²) in [5, 5.41) is 18.1. The van der Waals surface area contributed by atoms with E-state index in [2.05, 4.69) is 130 Å². The van der Waals surface area contributed by atoms with Gasteiger partial charge in [-0.2, -0.15) is 0 Å². The first-order chi connectivity index (χ1) is 29.2. The van der Waals surface area contributed by atoms with E-state index in [-0.39, 0.29) is 18.5 Å². The van der Waals surface area contributed by atoms with Crippen molar-refractivity contribution >= 4 is 49.0 Å². The molecule has 3 nitrogen and oxygen atoms in total. The molecule has 4 heteroatoms. The lowest BCUT2D eigenvalue weighted by atomic mass is 9.73. The van der Waals surface area contributed by atoms with Crippen LogP contribution in [0.25, 0.3) is 48.8 Å². The standard InChI is InChI=1S/C55H59N3S/c1-3-13-34(14-4-1)35-23-25-37(26-24-35)54-56-53(36-15-5-2-6-16-36)57-55(58-54)41-31-46(52-45-22-12-11-20-43(45)42-19-9-10-21-44(42)49(52)32-41)40-27-28-50-47(30-40)48-29-38-17-7-8-18-39(38)33-51(48)59-50/h7,9-10,12,15,17,19,21-23,25-28,30-32,34-35,38-39,53-58H,1-6,8,11,13-14,16,18,20,24,29,33H2/p+1. The molecule has 6 aliphatic carbocycles. The summed E-state index contributed by atoms with van der Waals surface area (Å²) in [4.78, 5) is 1.65. The van der Waals surface area contributed by atoms with E-state index in [1.165, 1.54) is 155 Å². The zero-order valence-electron chi connectivity index (χ0n) is 34.7. The molecular weight excluding hydrogens is 735 g/mol. The molecule has 4 N–H and O–H groups in total. The minimum atomic E-state index is 0.107. The molecule has 12 rings (SSSR count). The quantitative estimate of drug-likeness (QED) is 0.123. The molecule has 0 bridgehead atoms. The van der Waals surface area contributed by atoms with Crippen molar-refractivity contribution in [3.63, 3.8) is 0 Å². The molecule has 0 amide bonds. The molecule has 5 aromatic rings. The molecule has 59 heavy (non-hydrogen) atoms. The Bertz CT molecular complexity index is 2610. The van der Waals surface area contributed by atoms with E-state index in [9.17, 15) is 0 Å². The highest BCUT2D eigenvalue weighted by Gasteiger charge is 2.37. The van der Waals surface area contributed by atoms with Crippen LogP contribution in [-0.2, 0) is 19.3 Å². The van der Waals surface area contributed by atoms with Crippen molar-refractivity contribution in [3.05, 3.63) is 135 Å². The highest BCUT2D eigenvalue weighted by molar-refractivity contribution is 7.19. The Morgan fingerprint density at radius 2 is 1.56 bits per heavy atom. The van der Waals surface area contributed by atoms with E-state index in [1.54, 1.807) is 16.0 Å². The van der Waals surface area contributed by atoms with E-state index < -0.39 is 0 Å². The van der Waals surface area contributed by atoms with E-state index in [0.717, 1.165) is 24.7 Å². The largest absolute Gasteiger partial charge is 0.309 e. The zero-order valence-corrected chi connectivity index (χ0v) is 35.5. The Labute approximate surface area is 354 Å². The maximum atomic E-state index is 4.22. The predicted octanol–water partition coefficient (Wildman–Crippen LogP) is 12.5. The second-order valence-electron chi connectivity index (χ2n) is 19.2. The number of hydrogen-bond donors (Lipinski definition) is 3. The first-order valence-electron chi connectivity index (χ1n) is 23.6. The average Bonchev–Trinajstić information content (AvgIpc) is 3.67. The maximum Gasteiger partial charge on any atom is 0.169 e. The number of nitrogens with two attached hydrogens (primary N) is 1. The second-order valence-corrected chi connectivity index (χ2v) is 20.4. The molecule has 1 aromatic heterocycles. The third-order valence-corrected chi connectivity index (χ3v) is 17.1. The first kappa shape index (κ1) is 36.8. The van der Waals surface area contributed by atoms with Gasteiger partial charge in [-0.15, -0.1) is 11.3 Å². The smallest absolute Gasteiger partial charge is 0.169 e. The van der Waals surface area contributed by atoms with Crippen molar-refractivity contribution < 1.29 is 5.32 Å².